The van der Waals surface area contributed by atoms with Crippen molar-refractivity contribution in [2.45, 2.75) is 31.4 Å². The second-order valence-electron chi connectivity index (χ2n) is 3.69. The van der Waals surface area contributed by atoms with Crippen LogP contribution < -0.4 is 0 Å². The maximum absolute atomic E-state index is 11.2. The van der Waals surface area contributed by atoms with Crippen LogP contribution in [0.2, 0.25) is 0 Å². The summed E-state index contributed by atoms with van der Waals surface area (Å²) in [6.45, 7) is 2.09. The van der Waals surface area contributed by atoms with Gasteiger partial charge in [0.25, 0.3) is 0 Å². The highest BCUT2D eigenvalue weighted by Crippen LogP contribution is 2.55. The Bertz CT molecular complexity index is 247. The molecule has 0 N–H and O–H groups in total. The normalized spacial score (nSPS) is 48.7. The monoisotopic (exact) mass is 160 g/mol. The summed E-state index contributed by atoms with van der Waals surface area (Å²) in [6.07, 6.45) is 2.94. The molecule has 0 atom stereocenters. The van der Waals surface area contributed by atoms with E-state index in [4.69, 9.17) is 0 Å². The van der Waals surface area contributed by atoms with Crippen LogP contribution in [0.25, 0.3) is 0 Å². The highest BCUT2D eigenvalue weighted by atomic mass is 32.2. The minimum absolute atomic E-state index is 0.0486. The molecule has 3 fully saturated rings. The Morgan fingerprint density at radius 3 is 2.30 bits per heavy atom. The Labute approximate surface area is 61.5 Å². The van der Waals surface area contributed by atoms with E-state index in [-0.39, 0.29) is 10.7 Å². The lowest BCUT2D eigenvalue weighted by atomic mass is 9.69. The predicted molar refractivity (Wildman–Crippen MR) is 39.5 cm³/mol. The summed E-state index contributed by atoms with van der Waals surface area (Å²) in [6, 6.07) is 0. The maximum atomic E-state index is 11.2. The van der Waals surface area contributed by atoms with Crippen molar-refractivity contribution in [3.8, 4) is 0 Å². The summed E-state index contributed by atoms with van der Waals surface area (Å²) in [4.78, 5) is 0. The van der Waals surface area contributed by atoms with Gasteiger partial charge in [-0.3, -0.25) is 0 Å². The summed E-state index contributed by atoms with van der Waals surface area (Å²) in [7, 11) is -2.62. The molecule has 0 aromatic heterocycles. The SMILES string of the molecule is CCC12CC(C1)S(=O)(=O)C2. The smallest absolute Gasteiger partial charge is 0.153 e. The first-order valence-electron chi connectivity index (χ1n) is 3.80. The molecule has 2 heterocycles. The highest BCUT2D eigenvalue weighted by molar-refractivity contribution is 7.92. The van der Waals surface area contributed by atoms with Crippen LogP contribution in [0.1, 0.15) is 26.2 Å². The molecule has 1 saturated carbocycles. The summed E-state index contributed by atoms with van der Waals surface area (Å²) in [5.74, 6) is 0.473. The van der Waals surface area contributed by atoms with E-state index in [0.717, 1.165) is 19.3 Å². The van der Waals surface area contributed by atoms with Crippen molar-refractivity contribution in [3.63, 3.8) is 0 Å². The summed E-state index contributed by atoms with van der Waals surface area (Å²) in [5, 5.41) is 0.0486. The van der Waals surface area contributed by atoms with Crippen LogP contribution >= 0.6 is 0 Å². The molecule has 58 valence electrons. The van der Waals surface area contributed by atoms with Gasteiger partial charge in [0.15, 0.2) is 9.84 Å². The third-order valence-corrected chi connectivity index (χ3v) is 5.45. The van der Waals surface area contributed by atoms with Gasteiger partial charge in [-0.25, -0.2) is 8.42 Å². The molecule has 2 nitrogen and oxygen atoms in total. The van der Waals surface area contributed by atoms with Crippen molar-refractivity contribution in [1.29, 1.82) is 0 Å². The topological polar surface area (TPSA) is 34.1 Å². The number of rotatable bonds is 1. The molecule has 0 aromatic rings. The zero-order valence-electron chi connectivity index (χ0n) is 6.13. The second kappa shape index (κ2) is 1.58. The maximum Gasteiger partial charge on any atom is 0.153 e. The molecule has 0 aromatic carbocycles. The van der Waals surface area contributed by atoms with Crippen molar-refractivity contribution in [2.75, 3.05) is 5.75 Å². The lowest BCUT2D eigenvalue weighted by Gasteiger charge is -2.34. The molecule has 0 unspecified atom stereocenters. The van der Waals surface area contributed by atoms with Gasteiger partial charge in [0, 0.05) is 0 Å². The van der Waals surface area contributed by atoms with Crippen LogP contribution in [0, 0.1) is 5.41 Å². The zero-order chi connectivity index (χ0) is 7.41. The van der Waals surface area contributed by atoms with Gasteiger partial charge in [0.2, 0.25) is 0 Å². The van der Waals surface area contributed by atoms with E-state index >= 15 is 0 Å². The number of hydrogen-bond donors (Lipinski definition) is 0. The number of sulfone groups is 1. The largest absolute Gasteiger partial charge is 0.229 e. The molecular formula is C7H12O2S. The van der Waals surface area contributed by atoms with Crippen LogP contribution in [-0.2, 0) is 9.84 Å². The first kappa shape index (κ1) is 6.65. The minimum Gasteiger partial charge on any atom is -0.229 e. The second-order valence-corrected chi connectivity index (χ2v) is 5.97. The number of fused-ring (bicyclic) bond motifs is 1. The van der Waals surface area contributed by atoms with Gasteiger partial charge in [-0.2, -0.15) is 0 Å². The van der Waals surface area contributed by atoms with Crippen LogP contribution in [0.5, 0.6) is 0 Å². The average Bonchev–Trinajstić information content (AvgIpc) is 2.12. The lowest BCUT2D eigenvalue weighted by molar-refractivity contribution is 0.194. The minimum atomic E-state index is -2.62. The van der Waals surface area contributed by atoms with Crippen molar-refractivity contribution >= 4 is 9.84 Å². The van der Waals surface area contributed by atoms with Crippen molar-refractivity contribution < 1.29 is 8.42 Å². The van der Waals surface area contributed by atoms with Crippen molar-refractivity contribution in [3.05, 3.63) is 0 Å². The molecule has 10 heavy (non-hydrogen) atoms. The Hall–Kier alpha value is -0.0500. The van der Waals surface area contributed by atoms with Crippen molar-refractivity contribution in [2.24, 2.45) is 5.41 Å². The lowest BCUT2D eigenvalue weighted by Crippen LogP contribution is -2.32. The third kappa shape index (κ3) is 0.617. The van der Waals surface area contributed by atoms with E-state index in [1.54, 1.807) is 0 Å². The Morgan fingerprint density at radius 2 is 2.10 bits per heavy atom. The molecule has 2 aliphatic heterocycles. The molecule has 3 aliphatic rings. The molecular weight excluding hydrogens is 148 g/mol. The van der Waals surface area contributed by atoms with Gasteiger partial charge in [-0.05, 0) is 24.7 Å². The van der Waals surface area contributed by atoms with Gasteiger partial charge in [0.05, 0.1) is 11.0 Å². The Morgan fingerprint density at radius 1 is 1.50 bits per heavy atom. The zero-order valence-corrected chi connectivity index (χ0v) is 6.95. The highest BCUT2D eigenvalue weighted by Gasteiger charge is 2.58. The van der Waals surface area contributed by atoms with Gasteiger partial charge >= 0.3 is 0 Å². The average molecular weight is 160 g/mol. The summed E-state index contributed by atoms with van der Waals surface area (Å²) in [5.41, 5.74) is 0.226. The third-order valence-electron chi connectivity index (χ3n) is 3.09. The molecule has 0 radical (unpaired) electrons. The van der Waals surface area contributed by atoms with E-state index in [2.05, 4.69) is 6.92 Å². The fraction of sp³-hybridized carbons (Fsp3) is 1.00. The standard InChI is InChI=1S/C7H12O2S/c1-2-7-3-6(4-7)10(8,9)5-7/h6H,2-5H2,1H3. The number of hydrogen-bond acceptors (Lipinski definition) is 2. The van der Waals surface area contributed by atoms with Crippen LogP contribution in [0.15, 0.2) is 0 Å². The molecule has 2 bridgehead atoms. The van der Waals surface area contributed by atoms with E-state index in [1.165, 1.54) is 0 Å². The van der Waals surface area contributed by atoms with E-state index in [9.17, 15) is 8.42 Å². The molecule has 0 spiro atoms. The van der Waals surface area contributed by atoms with Crippen LogP contribution in [-0.4, -0.2) is 19.4 Å². The van der Waals surface area contributed by atoms with E-state index < -0.39 is 9.84 Å². The molecule has 2 saturated heterocycles. The van der Waals surface area contributed by atoms with Crippen molar-refractivity contribution in [1.82, 2.24) is 0 Å². The Kier molecular flexibility index (Phi) is 1.05. The molecule has 0 amide bonds. The fourth-order valence-electron chi connectivity index (χ4n) is 2.21. The molecule has 3 rings (SSSR count). The first-order chi connectivity index (χ1) is 4.58. The first-order valence-corrected chi connectivity index (χ1v) is 5.51. The van der Waals surface area contributed by atoms with Gasteiger partial charge in [0.1, 0.15) is 0 Å². The fourth-order valence-corrected chi connectivity index (χ4v) is 4.96. The summed E-state index contributed by atoms with van der Waals surface area (Å²) < 4.78 is 22.3. The predicted octanol–water partition coefficient (Wildman–Crippen LogP) is 0.974. The Balaban J connectivity index is 2.32. The molecule has 3 heteroatoms. The summed E-state index contributed by atoms with van der Waals surface area (Å²) >= 11 is 0. The molecule has 1 aliphatic carbocycles. The van der Waals surface area contributed by atoms with Crippen LogP contribution in [0.3, 0.4) is 0 Å². The van der Waals surface area contributed by atoms with Gasteiger partial charge in [-0.1, -0.05) is 6.92 Å². The van der Waals surface area contributed by atoms with E-state index in [0.29, 0.717) is 5.75 Å². The van der Waals surface area contributed by atoms with E-state index in [1.807, 2.05) is 0 Å². The van der Waals surface area contributed by atoms with Gasteiger partial charge < -0.3 is 0 Å². The van der Waals surface area contributed by atoms with Gasteiger partial charge in [-0.15, -0.1) is 0 Å². The quantitative estimate of drug-likeness (QED) is 0.573. The van der Waals surface area contributed by atoms with Crippen LogP contribution in [0.4, 0.5) is 0 Å².